The van der Waals surface area contributed by atoms with Crippen LogP contribution in [-0.2, 0) is 19.8 Å². The summed E-state index contributed by atoms with van der Waals surface area (Å²) in [5.41, 5.74) is 1.19. The number of hydrogen-bond acceptors (Lipinski definition) is 9. The quantitative estimate of drug-likeness (QED) is 0.0623. The number of aliphatic hydroxyl groups is 1. The van der Waals surface area contributed by atoms with E-state index in [-0.39, 0.29) is 12.4 Å². The molecule has 0 radical (unpaired) electrons. The van der Waals surface area contributed by atoms with Crippen LogP contribution in [0.15, 0.2) is 94.8 Å². The smallest absolute Gasteiger partial charge is 0.351 e. The lowest BCUT2D eigenvalue weighted by molar-refractivity contribution is -0.0966. The fourth-order valence-electron chi connectivity index (χ4n) is 6.82. The molecule has 1 fully saturated rings. The van der Waals surface area contributed by atoms with Gasteiger partial charge in [-0.2, -0.15) is 4.98 Å². The molecule has 3 aromatic carbocycles. The zero-order chi connectivity index (χ0) is 38.8. The molecule has 4 aromatic rings. The summed E-state index contributed by atoms with van der Waals surface area (Å²) in [6.07, 6.45) is -0.699. The number of hydrogen-bond donors (Lipinski definition) is 1. The Hall–Kier alpha value is -4.99. The van der Waals surface area contributed by atoms with Crippen molar-refractivity contribution in [2.45, 2.75) is 64.8 Å². The second-order valence-corrected chi connectivity index (χ2v) is 14.1. The van der Waals surface area contributed by atoms with Gasteiger partial charge in [-0.05, 0) is 59.7 Å². The summed E-state index contributed by atoms with van der Waals surface area (Å²) in [5.74, 6) is 8.39. The van der Waals surface area contributed by atoms with Crippen LogP contribution < -0.4 is 15.2 Å². The van der Waals surface area contributed by atoms with Crippen molar-refractivity contribution in [1.82, 2.24) is 14.5 Å². The molecule has 2 heterocycles. The van der Waals surface area contributed by atoms with Gasteiger partial charge in [0, 0.05) is 26.4 Å². The summed E-state index contributed by atoms with van der Waals surface area (Å²) in [6, 6.07) is 25.2. The maximum atomic E-state index is 13.7. The minimum absolute atomic E-state index is 0.0712. The maximum Gasteiger partial charge on any atom is 0.351 e. The van der Waals surface area contributed by atoms with E-state index >= 15 is 0 Å². The topological polar surface area (TPSA) is 117 Å². The molecule has 11 nitrogen and oxygen atoms in total. The highest BCUT2D eigenvalue weighted by molar-refractivity contribution is 5.63. The van der Waals surface area contributed by atoms with Gasteiger partial charge in [0.25, 0.3) is 0 Å². The van der Waals surface area contributed by atoms with Gasteiger partial charge in [-0.3, -0.25) is 4.57 Å². The summed E-state index contributed by atoms with van der Waals surface area (Å²) in [6.45, 7) is 11.8. The van der Waals surface area contributed by atoms with Crippen LogP contribution in [0, 0.1) is 23.7 Å². The predicted molar refractivity (Wildman–Crippen MR) is 209 cm³/mol. The number of ether oxygens (including phenoxy) is 5. The summed E-state index contributed by atoms with van der Waals surface area (Å²) in [7, 11) is 4.71. The average molecular weight is 737 g/mol. The Kier molecular flexibility index (Phi) is 13.7. The first-order valence-corrected chi connectivity index (χ1v) is 18.2. The molecule has 0 saturated carbocycles. The van der Waals surface area contributed by atoms with Crippen molar-refractivity contribution in [1.29, 1.82) is 0 Å². The Morgan fingerprint density at radius 1 is 0.907 bits per heavy atom. The number of aliphatic hydroxyl groups excluding tert-OH is 1. The van der Waals surface area contributed by atoms with Crippen molar-refractivity contribution in [3.05, 3.63) is 118 Å². The van der Waals surface area contributed by atoms with Crippen molar-refractivity contribution in [2.24, 2.45) is 16.8 Å². The van der Waals surface area contributed by atoms with Gasteiger partial charge in [0.05, 0.1) is 32.7 Å². The Labute approximate surface area is 318 Å². The van der Waals surface area contributed by atoms with Crippen LogP contribution in [-0.4, -0.2) is 85.2 Å². The summed E-state index contributed by atoms with van der Waals surface area (Å²) < 4.78 is 31.5. The number of methoxy groups -OCH3 is 3. The lowest BCUT2D eigenvalue weighted by Crippen LogP contribution is -2.40. The van der Waals surface area contributed by atoms with Gasteiger partial charge in [-0.25, -0.2) is 9.79 Å². The fraction of sp³-hybridized carbons (Fsp3) is 0.419. The molecule has 0 aliphatic carbocycles. The molecule has 0 amide bonds. The van der Waals surface area contributed by atoms with E-state index in [1.165, 1.54) is 11.7 Å². The number of rotatable bonds is 16. The van der Waals surface area contributed by atoms with E-state index < -0.39 is 35.8 Å². The van der Waals surface area contributed by atoms with Crippen molar-refractivity contribution in [3.63, 3.8) is 0 Å². The standard InChI is InChI=1S/C43H52N4O7/c1-9-13-31-26-47(42(49)45-40(31)44-28-46(24-29(2)3)25-30(4)5)41-39(52-8)38(48)37(54-41)27-53-43(32-14-11-10-12-15-32,33-16-20-35(50-6)21-17-33)34-18-22-36(51-7)23-19-34/h10-12,14-23,26,28-30,37-39,41,48H,24-25,27H2,1-8H3/t37-,38-,39-,41-/m1/s1. The minimum Gasteiger partial charge on any atom is -0.497 e. The summed E-state index contributed by atoms with van der Waals surface area (Å²) in [5, 5.41) is 11.7. The van der Waals surface area contributed by atoms with Gasteiger partial charge < -0.3 is 33.7 Å². The lowest BCUT2D eigenvalue weighted by atomic mass is 9.80. The molecule has 0 spiro atoms. The zero-order valence-electron chi connectivity index (χ0n) is 32.4. The van der Waals surface area contributed by atoms with Crippen LogP contribution in [0.5, 0.6) is 11.5 Å². The Morgan fingerprint density at radius 3 is 1.96 bits per heavy atom. The third kappa shape index (κ3) is 9.02. The Morgan fingerprint density at radius 2 is 1.46 bits per heavy atom. The van der Waals surface area contributed by atoms with E-state index in [1.807, 2.05) is 78.9 Å². The highest BCUT2D eigenvalue weighted by atomic mass is 16.6. The van der Waals surface area contributed by atoms with Crippen LogP contribution in [0.2, 0.25) is 0 Å². The van der Waals surface area contributed by atoms with Gasteiger partial charge in [0.2, 0.25) is 0 Å². The molecule has 1 aromatic heterocycles. The molecule has 11 heteroatoms. The first kappa shape index (κ1) is 40.2. The molecule has 286 valence electrons. The highest BCUT2D eigenvalue weighted by Crippen LogP contribution is 2.43. The second-order valence-electron chi connectivity index (χ2n) is 14.1. The van der Waals surface area contributed by atoms with E-state index in [0.717, 1.165) is 29.8 Å². The van der Waals surface area contributed by atoms with Gasteiger partial charge in [-0.1, -0.05) is 88.2 Å². The van der Waals surface area contributed by atoms with Crippen molar-refractivity contribution >= 4 is 12.2 Å². The first-order chi connectivity index (χ1) is 26.0. The molecule has 4 atom stereocenters. The molecular formula is C43H52N4O7. The molecule has 0 bridgehead atoms. The minimum atomic E-state index is -1.16. The maximum absolute atomic E-state index is 13.7. The first-order valence-electron chi connectivity index (χ1n) is 18.2. The van der Waals surface area contributed by atoms with Crippen LogP contribution in [0.1, 0.15) is 63.1 Å². The zero-order valence-corrected chi connectivity index (χ0v) is 32.4. The molecule has 1 aliphatic rings. The number of benzene rings is 3. The second kappa shape index (κ2) is 18.4. The van der Waals surface area contributed by atoms with E-state index in [4.69, 9.17) is 23.7 Å². The highest BCUT2D eigenvalue weighted by Gasteiger charge is 2.48. The van der Waals surface area contributed by atoms with Gasteiger partial charge in [0.15, 0.2) is 12.0 Å². The van der Waals surface area contributed by atoms with E-state index in [1.54, 1.807) is 33.7 Å². The SMILES string of the molecule is CC#Cc1cn([C@@H]2O[C@H](COC(c3ccccc3)(c3ccc(OC)cc3)c3ccc(OC)cc3)[C@@H](O)[C@H]2OC)c(=O)nc1N=CN(CC(C)C)CC(C)C. The normalized spacial score (nSPS) is 18.6. The Balaban J connectivity index is 1.51. The van der Waals surface area contributed by atoms with Crippen LogP contribution in [0.25, 0.3) is 0 Å². The van der Waals surface area contributed by atoms with E-state index in [9.17, 15) is 9.90 Å². The predicted octanol–water partition coefficient (Wildman–Crippen LogP) is 6.19. The number of aromatic nitrogens is 2. The van der Waals surface area contributed by atoms with Crippen LogP contribution >= 0.6 is 0 Å². The molecule has 1 N–H and O–H groups in total. The lowest BCUT2D eigenvalue weighted by Gasteiger charge is -2.37. The van der Waals surface area contributed by atoms with Crippen molar-refractivity contribution in [3.8, 4) is 23.3 Å². The third-order valence-corrected chi connectivity index (χ3v) is 9.23. The molecule has 1 aliphatic heterocycles. The molecule has 5 rings (SSSR count). The van der Waals surface area contributed by atoms with Crippen molar-refractivity contribution < 1.29 is 28.8 Å². The van der Waals surface area contributed by atoms with Gasteiger partial charge in [0.1, 0.15) is 35.4 Å². The van der Waals surface area contributed by atoms with Crippen LogP contribution in [0.3, 0.4) is 0 Å². The molecule has 54 heavy (non-hydrogen) atoms. The Bertz CT molecular complexity index is 1890. The summed E-state index contributed by atoms with van der Waals surface area (Å²) >= 11 is 0. The monoisotopic (exact) mass is 736 g/mol. The number of aliphatic imine (C=N–C) groups is 1. The fourth-order valence-corrected chi connectivity index (χ4v) is 6.82. The third-order valence-electron chi connectivity index (χ3n) is 9.23. The largest absolute Gasteiger partial charge is 0.497 e. The summed E-state index contributed by atoms with van der Waals surface area (Å²) in [4.78, 5) is 24.7. The van der Waals surface area contributed by atoms with Crippen molar-refractivity contribution in [2.75, 3.05) is 41.0 Å². The average Bonchev–Trinajstić information content (AvgIpc) is 3.49. The number of nitrogens with zero attached hydrogens (tertiary/aromatic N) is 4. The van der Waals surface area contributed by atoms with Crippen LogP contribution in [0.4, 0.5) is 5.82 Å². The van der Waals surface area contributed by atoms with Gasteiger partial charge in [-0.15, -0.1) is 5.92 Å². The molecule has 0 unspecified atom stereocenters. The molecule has 1 saturated heterocycles. The molecular weight excluding hydrogens is 684 g/mol. The van der Waals surface area contributed by atoms with E-state index in [0.29, 0.717) is 28.9 Å². The van der Waals surface area contributed by atoms with E-state index in [2.05, 4.69) is 54.4 Å². The van der Waals surface area contributed by atoms with Gasteiger partial charge >= 0.3 is 5.69 Å².